The van der Waals surface area contributed by atoms with Crippen molar-refractivity contribution >= 4 is 5.91 Å². The van der Waals surface area contributed by atoms with Crippen LogP contribution >= 0.6 is 0 Å². The number of amides is 1. The number of hydrogen-bond donors (Lipinski definition) is 1. The first kappa shape index (κ1) is 17.1. The summed E-state index contributed by atoms with van der Waals surface area (Å²) >= 11 is 0. The maximum atomic E-state index is 12.2. The fourth-order valence-corrected chi connectivity index (χ4v) is 3.98. The molecule has 0 radical (unpaired) electrons. The molecule has 3 heterocycles. The second kappa shape index (κ2) is 7.51. The number of rotatable bonds is 5. The van der Waals surface area contributed by atoms with Gasteiger partial charge < -0.3 is 10.1 Å². The van der Waals surface area contributed by atoms with Crippen molar-refractivity contribution in [2.24, 2.45) is 11.8 Å². The van der Waals surface area contributed by atoms with E-state index in [1.807, 2.05) is 0 Å². The molecule has 6 nitrogen and oxygen atoms in total. The molecule has 3 atom stereocenters. The number of hydrogen-bond acceptors (Lipinski definition) is 5. The van der Waals surface area contributed by atoms with Gasteiger partial charge >= 0.3 is 0 Å². The Balaban J connectivity index is 1.32. The first-order valence-electron chi connectivity index (χ1n) is 9.13. The van der Waals surface area contributed by atoms with Crippen LogP contribution in [0.2, 0.25) is 0 Å². The number of carbonyl (C=O) groups is 1. The molecular weight excluding hydrogens is 328 g/mol. The molecule has 4 rings (SSSR count). The van der Waals surface area contributed by atoms with Crippen LogP contribution in [-0.2, 0) is 11.3 Å². The fourth-order valence-electron chi connectivity index (χ4n) is 3.98. The van der Waals surface area contributed by atoms with E-state index in [1.54, 1.807) is 6.20 Å². The van der Waals surface area contributed by atoms with Gasteiger partial charge in [0.15, 0.2) is 0 Å². The van der Waals surface area contributed by atoms with E-state index in [4.69, 9.17) is 4.74 Å². The van der Waals surface area contributed by atoms with E-state index in [-0.39, 0.29) is 12.0 Å². The van der Waals surface area contributed by atoms with Crippen LogP contribution in [0.3, 0.4) is 0 Å². The third-order valence-corrected chi connectivity index (χ3v) is 5.49. The van der Waals surface area contributed by atoms with Crippen molar-refractivity contribution in [2.75, 3.05) is 26.2 Å². The molecule has 0 aliphatic carbocycles. The van der Waals surface area contributed by atoms with Crippen molar-refractivity contribution in [1.82, 2.24) is 20.2 Å². The molecule has 2 fully saturated rings. The third kappa shape index (κ3) is 3.61. The van der Waals surface area contributed by atoms with Crippen molar-refractivity contribution in [3.8, 4) is 0 Å². The van der Waals surface area contributed by atoms with E-state index in [2.05, 4.69) is 51.4 Å². The lowest BCUT2D eigenvalue weighted by Crippen LogP contribution is -2.34. The van der Waals surface area contributed by atoms with E-state index < -0.39 is 0 Å². The molecule has 6 heteroatoms. The van der Waals surface area contributed by atoms with Gasteiger partial charge in [0.05, 0.1) is 18.9 Å². The summed E-state index contributed by atoms with van der Waals surface area (Å²) in [7, 11) is 0. The Bertz CT molecular complexity index is 767. The molecule has 136 valence electrons. The Kier molecular flexibility index (Phi) is 4.95. The number of aryl methyl sites for hydroxylation is 1. The van der Waals surface area contributed by atoms with E-state index in [0.717, 1.165) is 19.6 Å². The molecule has 0 spiro atoms. The Morgan fingerprint density at radius 2 is 2.19 bits per heavy atom. The summed E-state index contributed by atoms with van der Waals surface area (Å²) in [6.45, 7) is 6.44. The normalized spacial score (nSPS) is 25.2. The minimum atomic E-state index is -0.170. The molecule has 0 bridgehead atoms. The molecule has 2 aliphatic rings. The predicted molar refractivity (Wildman–Crippen MR) is 97.5 cm³/mol. The fraction of sp³-hybridized carbons (Fsp3) is 0.450. The number of nitrogens with zero attached hydrogens (tertiary/aromatic N) is 3. The first-order chi connectivity index (χ1) is 12.7. The first-order valence-corrected chi connectivity index (χ1v) is 9.13. The van der Waals surface area contributed by atoms with Crippen LogP contribution in [0.25, 0.3) is 0 Å². The zero-order valence-corrected chi connectivity index (χ0v) is 15.0. The second-order valence-electron chi connectivity index (χ2n) is 7.22. The van der Waals surface area contributed by atoms with Crippen LogP contribution in [0, 0.1) is 18.8 Å². The Labute approximate surface area is 153 Å². The molecule has 2 aliphatic heterocycles. The SMILES string of the molecule is Cc1ccccc1CN1C[C@@H]2[C@H](CNC(=O)c3cnccn3)CO[C@@H]2C1. The monoisotopic (exact) mass is 352 g/mol. The molecule has 0 saturated carbocycles. The largest absolute Gasteiger partial charge is 0.376 e. The Hall–Kier alpha value is -2.31. The van der Waals surface area contributed by atoms with Crippen LogP contribution in [0.5, 0.6) is 0 Å². The molecule has 26 heavy (non-hydrogen) atoms. The van der Waals surface area contributed by atoms with Gasteiger partial charge in [-0.3, -0.25) is 14.7 Å². The van der Waals surface area contributed by atoms with Crippen molar-refractivity contribution in [3.05, 3.63) is 59.7 Å². The van der Waals surface area contributed by atoms with Crippen molar-refractivity contribution in [3.63, 3.8) is 0 Å². The number of carbonyl (C=O) groups excluding carboxylic acids is 1. The minimum Gasteiger partial charge on any atom is -0.376 e. The molecular formula is C20H24N4O2. The molecule has 0 unspecified atom stereocenters. The molecule has 2 saturated heterocycles. The van der Waals surface area contributed by atoms with Crippen LogP contribution < -0.4 is 5.32 Å². The van der Waals surface area contributed by atoms with E-state index in [9.17, 15) is 4.79 Å². The molecule has 1 aromatic carbocycles. The molecule has 1 N–H and O–H groups in total. The average molecular weight is 352 g/mol. The average Bonchev–Trinajstić information content (AvgIpc) is 3.23. The highest BCUT2D eigenvalue weighted by Crippen LogP contribution is 2.34. The summed E-state index contributed by atoms with van der Waals surface area (Å²) in [4.78, 5) is 22.6. The number of ether oxygens (including phenoxy) is 1. The summed E-state index contributed by atoms with van der Waals surface area (Å²) in [5.41, 5.74) is 3.06. The van der Waals surface area contributed by atoms with Crippen LogP contribution in [-0.4, -0.2) is 53.1 Å². The maximum absolute atomic E-state index is 12.2. The molecule has 1 aromatic heterocycles. The highest BCUT2D eigenvalue weighted by Gasteiger charge is 2.43. The van der Waals surface area contributed by atoms with Crippen LogP contribution in [0.15, 0.2) is 42.9 Å². The van der Waals surface area contributed by atoms with Crippen LogP contribution in [0.1, 0.15) is 21.6 Å². The van der Waals surface area contributed by atoms with Gasteiger partial charge in [-0.1, -0.05) is 24.3 Å². The number of fused-ring (bicyclic) bond motifs is 1. The van der Waals surface area contributed by atoms with Gasteiger partial charge in [-0.2, -0.15) is 0 Å². The van der Waals surface area contributed by atoms with Gasteiger partial charge in [0.1, 0.15) is 5.69 Å². The lowest BCUT2D eigenvalue weighted by molar-refractivity contribution is 0.0900. The highest BCUT2D eigenvalue weighted by atomic mass is 16.5. The van der Waals surface area contributed by atoms with E-state index in [1.165, 1.54) is 23.5 Å². The Morgan fingerprint density at radius 1 is 1.31 bits per heavy atom. The van der Waals surface area contributed by atoms with Gasteiger partial charge in [-0.05, 0) is 18.1 Å². The zero-order chi connectivity index (χ0) is 17.9. The zero-order valence-electron chi connectivity index (χ0n) is 15.0. The summed E-state index contributed by atoms with van der Waals surface area (Å²) in [5, 5.41) is 2.99. The number of benzene rings is 1. The van der Waals surface area contributed by atoms with Gasteiger partial charge in [-0.25, -0.2) is 4.98 Å². The smallest absolute Gasteiger partial charge is 0.271 e. The van der Waals surface area contributed by atoms with Gasteiger partial charge in [0.2, 0.25) is 0 Å². The lowest BCUT2D eigenvalue weighted by atomic mass is 9.93. The van der Waals surface area contributed by atoms with Crippen molar-refractivity contribution in [2.45, 2.75) is 19.6 Å². The van der Waals surface area contributed by atoms with E-state index in [0.29, 0.717) is 30.7 Å². The van der Waals surface area contributed by atoms with Crippen LogP contribution in [0.4, 0.5) is 0 Å². The quantitative estimate of drug-likeness (QED) is 0.886. The van der Waals surface area contributed by atoms with Gasteiger partial charge in [0, 0.05) is 50.4 Å². The second-order valence-corrected chi connectivity index (χ2v) is 7.22. The summed E-state index contributed by atoms with van der Waals surface area (Å²) in [6, 6.07) is 8.54. The molecule has 1 amide bonds. The minimum absolute atomic E-state index is 0.170. The summed E-state index contributed by atoms with van der Waals surface area (Å²) in [5.74, 6) is 0.653. The number of aromatic nitrogens is 2. The molecule has 2 aromatic rings. The number of nitrogens with one attached hydrogen (secondary N) is 1. The van der Waals surface area contributed by atoms with Crippen molar-refractivity contribution < 1.29 is 9.53 Å². The van der Waals surface area contributed by atoms with Gasteiger partial charge in [0.25, 0.3) is 5.91 Å². The number of likely N-dealkylation sites (tertiary alicyclic amines) is 1. The lowest BCUT2D eigenvalue weighted by Gasteiger charge is -2.20. The standard InChI is InChI=1S/C20H24N4O2/c1-14-4-2-3-5-15(14)10-24-11-17-16(13-26-19(17)12-24)8-23-20(25)18-9-21-6-7-22-18/h2-7,9,16-17,19H,8,10-13H2,1H3,(H,23,25)/t16-,17-,19-/m1/s1. The highest BCUT2D eigenvalue weighted by molar-refractivity contribution is 5.91. The van der Waals surface area contributed by atoms with Crippen molar-refractivity contribution in [1.29, 1.82) is 0 Å². The topological polar surface area (TPSA) is 67.4 Å². The summed E-state index contributed by atoms with van der Waals surface area (Å²) in [6.07, 6.45) is 4.86. The maximum Gasteiger partial charge on any atom is 0.271 e. The summed E-state index contributed by atoms with van der Waals surface area (Å²) < 4.78 is 6.00. The van der Waals surface area contributed by atoms with E-state index >= 15 is 0 Å². The van der Waals surface area contributed by atoms with Gasteiger partial charge in [-0.15, -0.1) is 0 Å². The third-order valence-electron chi connectivity index (χ3n) is 5.49. The Morgan fingerprint density at radius 3 is 3.00 bits per heavy atom. The predicted octanol–water partition coefficient (Wildman–Crippen LogP) is 1.66.